The fraction of sp³-hybridized carbons (Fsp3) is 0.408. The van der Waals surface area contributed by atoms with Gasteiger partial charge in [0.05, 0.1) is 0 Å². The zero-order chi connectivity index (χ0) is 36.6. The fourth-order valence-electron chi connectivity index (χ4n) is 8.35. The van der Waals surface area contributed by atoms with Crippen LogP contribution in [0.2, 0.25) is 0 Å². The van der Waals surface area contributed by atoms with E-state index in [1.165, 1.54) is 55.6 Å². The Bertz CT molecular complexity index is 2000. The zero-order valence-corrected chi connectivity index (χ0v) is 39.5. The van der Waals surface area contributed by atoms with Crippen LogP contribution in [-0.2, 0) is 49.0 Å². The molecule has 2 aliphatic carbocycles. The second-order valence-corrected chi connectivity index (χ2v) is 27.8. The SMILES string of the molecule is Cc1cc2c(cc1C(C)(C)C)-c1cc(C(C)(C)C)c(C)[c]([Hf]([C]3=CC=CC3)=[C](c3ccc(C(C)(C)C)cc3)c3ccc(C(C)(C)C)cc3)c1C2.Cl.Cl. The monoisotopic (exact) mass is 900 g/mol. The van der Waals surface area contributed by atoms with Crippen molar-refractivity contribution < 1.29 is 21.0 Å². The minimum Gasteiger partial charge on any atom is -0.147 e. The molecular formula is C49H62Cl2Hf. The molecule has 0 radical (unpaired) electrons. The molecule has 0 aromatic heterocycles. The number of aryl methyl sites for hydroxylation is 1. The zero-order valence-electron chi connectivity index (χ0n) is 34.3. The maximum absolute atomic E-state index is 3.11. The van der Waals surface area contributed by atoms with Gasteiger partial charge in [0, 0.05) is 0 Å². The average Bonchev–Trinajstić information content (AvgIpc) is 3.66. The van der Waals surface area contributed by atoms with Crippen molar-refractivity contribution in [2.24, 2.45) is 0 Å². The largest absolute Gasteiger partial charge is 0.147 e. The van der Waals surface area contributed by atoms with E-state index in [9.17, 15) is 0 Å². The second kappa shape index (κ2) is 15.1. The van der Waals surface area contributed by atoms with Crippen LogP contribution >= 0.6 is 24.8 Å². The van der Waals surface area contributed by atoms with Crippen LogP contribution in [-0.4, -0.2) is 3.26 Å². The summed E-state index contributed by atoms with van der Waals surface area (Å²) in [5.74, 6) is 0. The molecule has 0 bridgehead atoms. The van der Waals surface area contributed by atoms with Crippen LogP contribution in [0.3, 0.4) is 0 Å². The molecular weight excluding hydrogens is 838 g/mol. The van der Waals surface area contributed by atoms with Gasteiger partial charge in [0.15, 0.2) is 0 Å². The van der Waals surface area contributed by atoms with E-state index in [1.54, 1.807) is 21.0 Å². The maximum Gasteiger partial charge on any atom is -0.147 e. The van der Waals surface area contributed by atoms with Gasteiger partial charge in [0.2, 0.25) is 0 Å². The van der Waals surface area contributed by atoms with E-state index in [0.717, 1.165) is 12.8 Å². The van der Waals surface area contributed by atoms with E-state index >= 15 is 0 Å². The molecule has 276 valence electrons. The minimum absolute atomic E-state index is 0. The molecule has 0 aliphatic heterocycles. The predicted octanol–water partition coefficient (Wildman–Crippen LogP) is 13.3. The molecule has 0 N–H and O–H groups in total. The molecule has 0 spiro atoms. The molecule has 0 saturated carbocycles. The molecule has 4 aromatic carbocycles. The van der Waals surface area contributed by atoms with E-state index < -0.39 is 21.0 Å². The van der Waals surface area contributed by atoms with Crippen molar-refractivity contribution in [1.82, 2.24) is 0 Å². The van der Waals surface area contributed by atoms with Crippen molar-refractivity contribution in [3.05, 3.63) is 144 Å². The quantitative estimate of drug-likeness (QED) is 0.158. The first-order chi connectivity index (χ1) is 23.2. The number of benzene rings is 4. The molecule has 0 nitrogen and oxygen atoms in total. The summed E-state index contributed by atoms with van der Waals surface area (Å²) in [6.45, 7) is 33.1. The summed E-state index contributed by atoms with van der Waals surface area (Å²) in [6.07, 6.45) is 9.35. The Morgan fingerprint density at radius 2 is 1.06 bits per heavy atom. The summed E-state index contributed by atoms with van der Waals surface area (Å²) in [6, 6.07) is 27.1. The Morgan fingerprint density at radius 3 is 1.48 bits per heavy atom. The fourth-order valence-corrected chi connectivity index (χ4v) is 20.6. The standard InChI is InChI=1S/C23H29.C21H26.C5H5.2ClH.Hf/c1-14-9-16-11-17-10-15(2)21(23(6,7)8)13-19(17)18(16)12-20(14)22(3,4)5;1-20(2,3)18-11-7-16(8-12-18)15-17-9-13-19(14-10-17)21(4,5)6;1-2-4-5-3-1;;;/h9,12-13H,11H2,1-8H3;7-14H,1-6H3;1-3H,4H2;2*1H;. The summed E-state index contributed by atoms with van der Waals surface area (Å²) < 4.78 is 5.06. The van der Waals surface area contributed by atoms with Crippen LogP contribution in [0.25, 0.3) is 11.1 Å². The number of hydrogen-bond donors (Lipinski definition) is 0. The molecule has 0 saturated heterocycles. The molecule has 52 heavy (non-hydrogen) atoms. The van der Waals surface area contributed by atoms with Crippen molar-refractivity contribution in [2.75, 3.05) is 0 Å². The smallest absolute Gasteiger partial charge is 0.147 e. The maximum atomic E-state index is 2.60. The van der Waals surface area contributed by atoms with Gasteiger partial charge in [0.1, 0.15) is 0 Å². The van der Waals surface area contributed by atoms with Crippen molar-refractivity contribution in [1.29, 1.82) is 0 Å². The molecule has 0 amide bonds. The van der Waals surface area contributed by atoms with Crippen molar-refractivity contribution in [3.63, 3.8) is 0 Å². The summed E-state index contributed by atoms with van der Waals surface area (Å²) in [4.78, 5) is 0. The van der Waals surface area contributed by atoms with Crippen molar-refractivity contribution >= 4 is 31.4 Å². The van der Waals surface area contributed by atoms with Crippen LogP contribution in [0.4, 0.5) is 0 Å². The van der Waals surface area contributed by atoms with Crippen molar-refractivity contribution in [2.45, 2.75) is 131 Å². The molecule has 3 heteroatoms. The summed E-state index contributed by atoms with van der Waals surface area (Å²) in [5, 5.41) is 0. The predicted molar refractivity (Wildman–Crippen MR) is 231 cm³/mol. The van der Waals surface area contributed by atoms with Gasteiger partial charge in [0.25, 0.3) is 0 Å². The first-order valence-electron chi connectivity index (χ1n) is 18.8. The van der Waals surface area contributed by atoms with Gasteiger partial charge >= 0.3 is 314 Å². The first-order valence-corrected chi connectivity index (χ1v) is 24.2. The van der Waals surface area contributed by atoms with Crippen LogP contribution < -0.4 is 3.32 Å². The number of rotatable bonds is 4. The van der Waals surface area contributed by atoms with E-state index in [1.807, 2.05) is 0 Å². The topological polar surface area (TPSA) is 0 Å². The molecule has 0 heterocycles. The van der Waals surface area contributed by atoms with E-state index in [4.69, 9.17) is 0 Å². The third-order valence-corrected chi connectivity index (χ3v) is 22.8. The van der Waals surface area contributed by atoms with E-state index in [0.29, 0.717) is 0 Å². The number of fused-ring (bicyclic) bond motifs is 3. The summed E-state index contributed by atoms with van der Waals surface area (Å²) >= 11 is -3.11. The Kier molecular flexibility index (Phi) is 12.3. The van der Waals surface area contributed by atoms with Gasteiger partial charge in [-0.2, -0.15) is 0 Å². The van der Waals surface area contributed by atoms with Crippen LogP contribution in [0.1, 0.15) is 145 Å². The van der Waals surface area contributed by atoms with Gasteiger partial charge in [-0.25, -0.2) is 0 Å². The normalized spacial score (nSPS) is 13.9. The van der Waals surface area contributed by atoms with Crippen LogP contribution in [0.5, 0.6) is 0 Å². The van der Waals surface area contributed by atoms with Gasteiger partial charge < -0.3 is 0 Å². The first kappa shape index (κ1) is 42.4. The van der Waals surface area contributed by atoms with Gasteiger partial charge in [-0.05, 0) is 0 Å². The molecule has 0 fully saturated rings. The van der Waals surface area contributed by atoms with Crippen LogP contribution in [0.15, 0.2) is 88.3 Å². The summed E-state index contributed by atoms with van der Waals surface area (Å²) in [5.41, 5.74) is 18.0. The van der Waals surface area contributed by atoms with Crippen molar-refractivity contribution in [3.8, 4) is 11.1 Å². The van der Waals surface area contributed by atoms with Gasteiger partial charge in [-0.15, -0.1) is 24.8 Å². The van der Waals surface area contributed by atoms with E-state index in [-0.39, 0.29) is 46.5 Å². The summed E-state index contributed by atoms with van der Waals surface area (Å²) in [7, 11) is 0. The Balaban J connectivity index is 0.00000302. The third kappa shape index (κ3) is 8.18. The van der Waals surface area contributed by atoms with Crippen LogP contribution in [0, 0.1) is 13.8 Å². The Hall–Kier alpha value is -2.32. The second-order valence-electron chi connectivity index (χ2n) is 19.2. The molecule has 2 aliphatic rings. The number of halogens is 2. The third-order valence-electron chi connectivity index (χ3n) is 11.1. The Morgan fingerprint density at radius 1 is 0.577 bits per heavy atom. The minimum atomic E-state index is -3.11. The molecule has 6 rings (SSSR count). The molecule has 0 atom stereocenters. The van der Waals surface area contributed by atoms with E-state index in [2.05, 4.69) is 182 Å². The number of allylic oxidation sites excluding steroid dienone is 4. The van der Waals surface area contributed by atoms with Gasteiger partial charge in [-0.1, -0.05) is 0 Å². The van der Waals surface area contributed by atoms with Gasteiger partial charge in [-0.3, -0.25) is 0 Å². The molecule has 0 unspecified atom stereocenters. The molecule has 4 aromatic rings. The average molecular weight is 900 g/mol. The number of hydrogen-bond acceptors (Lipinski definition) is 0. The Labute approximate surface area is 336 Å².